The van der Waals surface area contributed by atoms with Gasteiger partial charge in [-0.2, -0.15) is 0 Å². The van der Waals surface area contributed by atoms with Crippen molar-refractivity contribution in [3.05, 3.63) is 24.3 Å². The third kappa shape index (κ3) is 5.43. The first-order chi connectivity index (χ1) is 9.95. The van der Waals surface area contributed by atoms with Crippen molar-refractivity contribution < 1.29 is 19.4 Å². The van der Waals surface area contributed by atoms with Gasteiger partial charge in [0.25, 0.3) is 0 Å². The fourth-order valence-electron chi connectivity index (χ4n) is 2.07. The monoisotopic (exact) mass is 294 g/mol. The van der Waals surface area contributed by atoms with Crippen LogP contribution in [-0.2, 0) is 14.3 Å². The van der Waals surface area contributed by atoms with Gasteiger partial charge in [0.15, 0.2) is 0 Å². The Balaban J connectivity index is 2.89. The fraction of sp³-hybridized carbons (Fsp3) is 0.467. The topological polar surface area (TPSA) is 92.9 Å². The number of nitrogens with two attached hydrogens (primary N) is 1. The van der Waals surface area contributed by atoms with Crippen LogP contribution in [0.3, 0.4) is 0 Å². The van der Waals surface area contributed by atoms with Gasteiger partial charge in [0.1, 0.15) is 0 Å². The number of benzene rings is 1. The molecule has 1 aromatic rings. The number of carbonyl (C=O) groups excluding carboxylic acids is 1. The van der Waals surface area contributed by atoms with Crippen molar-refractivity contribution in [2.45, 2.75) is 19.8 Å². The molecule has 0 saturated carbocycles. The van der Waals surface area contributed by atoms with E-state index < -0.39 is 5.97 Å². The third-order valence-electron chi connectivity index (χ3n) is 3.05. The van der Waals surface area contributed by atoms with Gasteiger partial charge in [-0.05, 0) is 18.1 Å². The molecule has 6 nitrogen and oxygen atoms in total. The normalized spacial score (nSPS) is 11.9. The molecule has 3 N–H and O–H groups in total. The van der Waals surface area contributed by atoms with E-state index in [1.54, 1.807) is 31.4 Å². The number of hydrogen-bond donors (Lipinski definition) is 2. The van der Waals surface area contributed by atoms with Crippen LogP contribution in [0.4, 0.5) is 11.4 Å². The lowest BCUT2D eigenvalue weighted by Gasteiger charge is -2.25. The predicted molar refractivity (Wildman–Crippen MR) is 81.1 cm³/mol. The van der Waals surface area contributed by atoms with Crippen molar-refractivity contribution >= 4 is 23.3 Å². The van der Waals surface area contributed by atoms with Gasteiger partial charge in [0.05, 0.1) is 17.8 Å². The Morgan fingerprint density at radius 1 is 1.38 bits per heavy atom. The van der Waals surface area contributed by atoms with Crippen LogP contribution in [0.15, 0.2) is 24.3 Å². The maximum Gasteiger partial charge on any atom is 0.305 e. The van der Waals surface area contributed by atoms with Gasteiger partial charge in [-0.3, -0.25) is 9.59 Å². The Labute approximate surface area is 124 Å². The molecule has 0 heterocycles. The lowest BCUT2D eigenvalue weighted by molar-refractivity contribution is -0.136. The summed E-state index contributed by atoms with van der Waals surface area (Å²) in [7, 11) is 1.58. The van der Waals surface area contributed by atoms with Crippen molar-refractivity contribution in [1.82, 2.24) is 0 Å². The molecule has 0 spiro atoms. The van der Waals surface area contributed by atoms with E-state index in [2.05, 4.69) is 0 Å². The summed E-state index contributed by atoms with van der Waals surface area (Å²) in [6, 6.07) is 6.95. The Morgan fingerprint density at radius 2 is 2.05 bits per heavy atom. The summed E-state index contributed by atoms with van der Waals surface area (Å²) in [5.41, 5.74) is 6.89. The van der Waals surface area contributed by atoms with Gasteiger partial charge in [0, 0.05) is 26.7 Å². The van der Waals surface area contributed by atoms with Crippen LogP contribution in [0, 0.1) is 5.92 Å². The van der Waals surface area contributed by atoms with Crippen LogP contribution >= 0.6 is 0 Å². The minimum absolute atomic E-state index is 0.0553. The highest BCUT2D eigenvalue weighted by Crippen LogP contribution is 2.24. The standard InChI is InChI=1S/C15H22N2O4/c1-11(10-21-2)9-14(18)17(8-7-15(19)20)13-6-4-3-5-12(13)16/h3-6,11H,7-10,16H2,1-2H3,(H,19,20). The summed E-state index contributed by atoms with van der Waals surface area (Å²) in [6.07, 6.45) is 0.153. The molecule has 0 aliphatic rings. The minimum Gasteiger partial charge on any atom is -0.481 e. The van der Waals surface area contributed by atoms with E-state index in [4.69, 9.17) is 15.6 Å². The van der Waals surface area contributed by atoms with Crippen molar-refractivity contribution in [2.75, 3.05) is 30.9 Å². The molecule has 0 radical (unpaired) electrons. The molecular formula is C15H22N2O4. The second-order valence-corrected chi connectivity index (χ2v) is 5.01. The van der Waals surface area contributed by atoms with Gasteiger partial charge < -0.3 is 20.5 Å². The molecule has 0 aliphatic heterocycles. The molecule has 1 aromatic carbocycles. The number of para-hydroxylation sites is 2. The number of nitrogen functional groups attached to an aromatic ring is 1. The average molecular weight is 294 g/mol. The highest BCUT2D eigenvalue weighted by atomic mass is 16.5. The minimum atomic E-state index is -0.952. The van der Waals surface area contributed by atoms with E-state index in [0.717, 1.165) is 0 Å². The fourth-order valence-corrected chi connectivity index (χ4v) is 2.07. The SMILES string of the molecule is COCC(C)CC(=O)N(CCC(=O)O)c1ccccc1N. The molecule has 0 bridgehead atoms. The molecule has 1 unspecified atom stereocenters. The van der Waals surface area contributed by atoms with E-state index in [0.29, 0.717) is 18.0 Å². The number of carbonyl (C=O) groups is 2. The molecule has 0 saturated heterocycles. The molecule has 0 aliphatic carbocycles. The first-order valence-corrected chi connectivity index (χ1v) is 6.81. The lowest BCUT2D eigenvalue weighted by Crippen LogP contribution is -2.35. The van der Waals surface area contributed by atoms with Gasteiger partial charge in [0.2, 0.25) is 5.91 Å². The molecule has 1 rings (SSSR count). The second-order valence-electron chi connectivity index (χ2n) is 5.01. The largest absolute Gasteiger partial charge is 0.481 e. The molecule has 1 atom stereocenters. The van der Waals surface area contributed by atoms with Gasteiger partial charge >= 0.3 is 5.97 Å². The summed E-state index contributed by atoms with van der Waals surface area (Å²) in [5, 5.41) is 8.84. The molecule has 21 heavy (non-hydrogen) atoms. The summed E-state index contributed by atoms with van der Waals surface area (Å²) in [5.74, 6) is -1.05. The summed E-state index contributed by atoms with van der Waals surface area (Å²) < 4.78 is 5.02. The van der Waals surface area contributed by atoms with E-state index in [9.17, 15) is 9.59 Å². The number of amides is 1. The number of methoxy groups -OCH3 is 1. The third-order valence-corrected chi connectivity index (χ3v) is 3.05. The number of nitrogens with zero attached hydrogens (tertiary/aromatic N) is 1. The maximum atomic E-state index is 12.4. The summed E-state index contributed by atoms with van der Waals surface area (Å²) in [6.45, 7) is 2.48. The number of ether oxygens (including phenoxy) is 1. The number of hydrogen-bond acceptors (Lipinski definition) is 4. The Morgan fingerprint density at radius 3 is 2.62 bits per heavy atom. The smallest absolute Gasteiger partial charge is 0.305 e. The van der Waals surface area contributed by atoms with Crippen molar-refractivity contribution in [2.24, 2.45) is 5.92 Å². The highest BCUT2D eigenvalue weighted by Gasteiger charge is 2.20. The molecule has 0 fully saturated rings. The summed E-state index contributed by atoms with van der Waals surface area (Å²) in [4.78, 5) is 24.6. The molecular weight excluding hydrogens is 272 g/mol. The van der Waals surface area contributed by atoms with Crippen LogP contribution in [-0.4, -0.2) is 37.2 Å². The van der Waals surface area contributed by atoms with E-state index in [1.165, 1.54) is 4.90 Å². The number of carboxylic acid groups (broad SMARTS) is 1. The quantitative estimate of drug-likeness (QED) is 0.712. The molecule has 116 valence electrons. The van der Waals surface area contributed by atoms with Crippen LogP contribution in [0.2, 0.25) is 0 Å². The zero-order chi connectivity index (χ0) is 15.8. The average Bonchev–Trinajstić information content (AvgIpc) is 2.40. The Kier molecular flexibility index (Phi) is 6.68. The second kappa shape index (κ2) is 8.26. The molecule has 1 amide bonds. The Bertz CT molecular complexity index is 490. The van der Waals surface area contributed by atoms with E-state index in [1.807, 2.05) is 6.92 Å². The predicted octanol–water partition coefficient (Wildman–Crippen LogP) is 1.75. The van der Waals surface area contributed by atoms with Crippen LogP contribution in [0.5, 0.6) is 0 Å². The summed E-state index contributed by atoms with van der Waals surface area (Å²) >= 11 is 0. The zero-order valence-electron chi connectivity index (χ0n) is 12.4. The van der Waals surface area contributed by atoms with E-state index >= 15 is 0 Å². The number of rotatable bonds is 8. The van der Waals surface area contributed by atoms with Gasteiger partial charge in [-0.15, -0.1) is 0 Å². The van der Waals surface area contributed by atoms with Crippen LogP contribution in [0.25, 0.3) is 0 Å². The highest BCUT2D eigenvalue weighted by molar-refractivity contribution is 5.96. The molecule has 6 heteroatoms. The van der Waals surface area contributed by atoms with Crippen molar-refractivity contribution in [3.63, 3.8) is 0 Å². The maximum absolute atomic E-state index is 12.4. The first kappa shape index (κ1) is 17.0. The lowest BCUT2D eigenvalue weighted by atomic mass is 10.1. The number of carboxylic acids is 1. The first-order valence-electron chi connectivity index (χ1n) is 6.81. The van der Waals surface area contributed by atoms with Crippen LogP contribution in [0.1, 0.15) is 19.8 Å². The molecule has 0 aromatic heterocycles. The number of anilines is 2. The van der Waals surface area contributed by atoms with Gasteiger partial charge in [-0.1, -0.05) is 19.1 Å². The Hall–Kier alpha value is -2.08. The zero-order valence-corrected chi connectivity index (χ0v) is 12.4. The van der Waals surface area contributed by atoms with Crippen molar-refractivity contribution in [1.29, 1.82) is 0 Å². The van der Waals surface area contributed by atoms with Crippen molar-refractivity contribution in [3.8, 4) is 0 Å². The van der Waals surface area contributed by atoms with E-state index in [-0.39, 0.29) is 31.2 Å². The number of aliphatic carboxylic acids is 1. The van der Waals surface area contributed by atoms with Crippen LogP contribution < -0.4 is 10.6 Å². The van der Waals surface area contributed by atoms with Gasteiger partial charge in [-0.25, -0.2) is 0 Å².